The third-order valence-electron chi connectivity index (χ3n) is 24.6. The fourth-order valence-electron chi connectivity index (χ4n) is 21.5. The molecule has 12 unspecified atom stereocenters. The molecule has 4 heteroatoms. The van der Waals surface area contributed by atoms with Gasteiger partial charge in [0.05, 0.1) is 6.17 Å². The highest BCUT2D eigenvalue weighted by Crippen LogP contribution is 2.57. The predicted molar refractivity (Wildman–Crippen MR) is 274 cm³/mol. The molecule has 3 heterocycles. The van der Waals surface area contributed by atoms with Gasteiger partial charge in [-0.05, 0) is 244 Å². The van der Waals surface area contributed by atoms with E-state index in [1.54, 1.807) is 102 Å². The molecule has 10 aliphatic carbocycles. The Morgan fingerprint density at radius 2 is 0.939 bits per heavy atom. The molecule has 13 rings (SSSR count). The molecule has 368 valence electrons. The van der Waals surface area contributed by atoms with E-state index >= 15 is 0 Å². The quantitative estimate of drug-likeness (QED) is 0.267. The van der Waals surface area contributed by atoms with Gasteiger partial charge in [-0.15, -0.1) is 0 Å². The van der Waals surface area contributed by atoms with Crippen molar-refractivity contribution in [1.82, 2.24) is 20.4 Å². The van der Waals surface area contributed by atoms with E-state index in [2.05, 4.69) is 32.6 Å². The summed E-state index contributed by atoms with van der Waals surface area (Å²) in [6.45, 7) is 0. The topological polar surface area (TPSA) is 30.5 Å². The average Bonchev–Trinajstić information content (AvgIpc) is 3.91. The smallest absolute Gasteiger partial charge is 0.0605 e. The second kappa shape index (κ2) is 20.0. The van der Waals surface area contributed by atoms with Gasteiger partial charge in [0, 0.05) is 53.9 Å². The third-order valence-corrected chi connectivity index (χ3v) is 24.6. The lowest BCUT2D eigenvalue weighted by molar-refractivity contribution is 0.0258. The van der Waals surface area contributed by atoms with Gasteiger partial charge in [-0.3, -0.25) is 15.5 Å². The molecule has 12 atom stereocenters. The Kier molecular flexibility index (Phi) is 13.6. The maximum absolute atomic E-state index is 4.42. The molecule has 11 fully saturated rings. The Balaban J connectivity index is 0.610. The van der Waals surface area contributed by atoms with Gasteiger partial charge in [0.15, 0.2) is 0 Å². The van der Waals surface area contributed by atoms with Crippen LogP contribution in [-0.2, 0) is 0 Å². The van der Waals surface area contributed by atoms with Crippen LogP contribution < -0.4 is 10.6 Å². The molecule has 0 amide bonds. The molecule has 4 nitrogen and oxygen atoms in total. The van der Waals surface area contributed by atoms with Crippen LogP contribution in [0.4, 0.5) is 0 Å². The van der Waals surface area contributed by atoms with Crippen molar-refractivity contribution in [2.45, 2.75) is 292 Å². The molecule has 0 spiro atoms. The number of fused-ring (bicyclic) bond motifs is 6. The largest absolute Gasteiger partial charge is 0.365 e. The van der Waals surface area contributed by atoms with E-state index in [-0.39, 0.29) is 0 Å². The van der Waals surface area contributed by atoms with Gasteiger partial charge in [-0.2, -0.15) is 0 Å². The van der Waals surface area contributed by atoms with Crippen molar-refractivity contribution < 1.29 is 0 Å². The molecule has 13 aliphatic rings. The second-order valence-electron chi connectivity index (χ2n) is 27.3. The van der Waals surface area contributed by atoms with Gasteiger partial charge in [0.2, 0.25) is 0 Å². The molecule has 0 aromatic carbocycles. The lowest BCUT2D eigenvalue weighted by Gasteiger charge is -2.52. The summed E-state index contributed by atoms with van der Waals surface area (Å²) in [6.07, 6.45) is 63.2. The minimum absolute atomic E-state index is 0.566. The van der Waals surface area contributed by atoms with Crippen molar-refractivity contribution in [1.29, 1.82) is 0 Å². The molecule has 9 saturated carbocycles. The first-order valence-corrected chi connectivity index (χ1v) is 31.2. The normalized spacial score (nSPS) is 48.6. The molecule has 3 aliphatic heterocycles. The van der Waals surface area contributed by atoms with Crippen LogP contribution in [0.3, 0.4) is 0 Å². The number of nitrogens with one attached hydrogen (secondary N) is 2. The summed E-state index contributed by atoms with van der Waals surface area (Å²) in [4.78, 5) is 6.44. The summed E-state index contributed by atoms with van der Waals surface area (Å²) in [5.41, 5.74) is 3.67. The van der Waals surface area contributed by atoms with Crippen molar-refractivity contribution in [3.63, 3.8) is 0 Å². The number of allylic oxidation sites excluding steroid dienone is 2. The summed E-state index contributed by atoms with van der Waals surface area (Å²) in [5, 5.41) is 8.74. The molecular weight excluding hydrogens is 801 g/mol. The summed E-state index contributed by atoms with van der Waals surface area (Å²) in [6, 6.07) is 6.03. The van der Waals surface area contributed by atoms with Crippen LogP contribution in [0, 0.1) is 71.0 Å². The van der Waals surface area contributed by atoms with Crippen molar-refractivity contribution in [2.75, 3.05) is 0 Å². The van der Waals surface area contributed by atoms with Crippen LogP contribution in [0.1, 0.15) is 244 Å². The zero-order valence-electron chi connectivity index (χ0n) is 42.5. The van der Waals surface area contributed by atoms with Gasteiger partial charge in [-0.1, -0.05) is 83.1 Å². The second-order valence-corrected chi connectivity index (χ2v) is 27.3. The number of hydrogen-bond acceptors (Lipinski definition) is 4. The van der Waals surface area contributed by atoms with Gasteiger partial charge >= 0.3 is 0 Å². The predicted octanol–water partition coefficient (Wildman–Crippen LogP) is 14.9. The molecule has 0 aromatic heterocycles. The van der Waals surface area contributed by atoms with Crippen LogP contribution in [-0.4, -0.2) is 58.3 Å². The average molecular weight is 902 g/mol. The summed E-state index contributed by atoms with van der Waals surface area (Å²) in [7, 11) is 0. The minimum atomic E-state index is 0.566. The Morgan fingerprint density at radius 1 is 0.394 bits per heavy atom. The van der Waals surface area contributed by atoms with Gasteiger partial charge < -0.3 is 4.90 Å². The Hall–Kier alpha value is -0.840. The fourth-order valence-corrected chi connectivity index (χ4v) is 21.5. The first-order valence-electron chi connectivity index (χ1n) is 31.2. The van der Waals surface area contributed by atoms with Crippen molar-refractivity contribution in [2.24, 2.45) is 71.0 Å². The van der Waals surface area contributed by atoms with E-state index in [0.29, 0.717) is 6.17 Å². The zero-order chi connectivity index (χ0) is 43.6. The number of nitrogens with zero attached hydrogens (tertiary/aromatic N) is 2. The Labute approximate surface area is 405 Å². The zero-order valence-corrected chi connectivity index (χ0v) is 42.5. The lowest BCUT2D eigenvalue weighted by Crippen LogP contribution is -2.68. The van der Waals surface area contributed by atoms with Crippen molar-refractivity contribution in [3.8, 4) is 0 Å². The molecule has 0 aromatic rings. The van der Waals surface area contributed by atoms with Gasteiger partial charge in [0.1, 0.15) is 0 Å². The van der Waals surface area contributed by atoms with Crippen LogP contribution in [0.2, 0.25) is 0 Å². The van der Waals surface area contributed by atoms with E-state index < -0.39 is 0 Å². The standard InChI is InChI=1S/C62H100N4/c1-3-13-41(14-4-1)42-27-33-49(34-28-42)65-57-21-11-8-17-51(57)54-39-47(31-37-59(54)65)43-23-25-44(26-24-43)48-32-38-60-55(40-48)52-18-9-12-22-58(52)66(60)50-35-29-46(30-36-50)62-63-56-20-10-7-19-53(56)61(64-62)45-15-5-2-6-16-45/h12,22,41-51,53-57,59-64H,1-11,13-21,23-40H2. The fraction of sp³-hybridized carbons (Fsp3) is 0.935. The SMILES string of the molecule is C1=CC2=C(CC1)C1CC(C3CCC(C4CCC5C(C4)C4CCCCC4N5C4CCC(C5CCCCC5)CC4)CC3)CCC1N2C1CCC(C2NC3CCCCC3C(C3CCCCC3)N2)CC1. The molecule has 0 bridgehead atoms. The minimum Gasteiger partial charge on any atom is -0.365 e. The molecule has 0 radical (unpaired) electrons. The molecule has 2 saturated heterocycles. The maximum atomic E-state index is 4.42. The molecular formula is C62H100N4. The Morgan fingerprint density at radius 3 is 1.70 bits per heavy atom. The van der Waals surface area contributed by atoms with E-state index in [0.717, 1.165) is 113 Å². The molecule has 66 heavy (non-hydrogen) atoms. The highest BCUT2D eigenvalue weighted by Gasteiger charge is 2.55. The monoisotopic (exact) mass is 901 g/mol. The summed E-state index contributed by atoms with van der Waals surface area (Å²) < 4.78 is 0. The van der Waals surface area contributed by atoms with E-state index in [4.69, 9.17) is 0 Å². The first-order chi connectivity index (χ1) is 32.7. The summed E-state index contributed by atoms with van der Waals surface area (Å²) in [5.74, 6) is 11.9. The number of rotatable bonds is 7. The number of hydrogen-bond donors (Lipinski definition) is 2. The van der Waals surface area contributed by atoms with Crippen LogP contribution in [0.25, 0.3) is 0 Å². The van der Waals surface area contributed by atoms with Crippen molar-refractivity contribution in [3.05, 3.63) is 23.4 Å². The van der Waals surface area contributed by atoms with Crippen LogP contribution in [0.5, 0.6) is 0 Å². The lowest BCUT2D eigenvalue weighted by atomic mass is 9.62. The number of likely N-dealkylation sites (tertiary alicyclic amines) is 1. The summed E-state index contributed by atoms with van der Waals surface area (Å²) >= 11 is 0. The van der Waals surface area contributed by atoms with E-state index in [9.17, 15) is 0 Å². The highest BCUT2D eigenvalue weighted by atomic mass is 15.3. The Bertz CT molecular complexity index is 1660. The van der Waals surface area contributed by atoms with Gasteiger partial charge in [0.25, 0.3) is 0 Å². The van der Waals surface area contributed by atoms with E-state index in [1.165, 1.54) is 148 Å². The van der Waals surface area contributed by atoms with E-state index in [1.807, 2.05) is 5.57 Å². The van der Waals surface area contributed by atoms with Gasteiger partial charge in [-0.25, -0.2) is 0 Å². The molecule has 2 N–H and O–H groups in total. The van der Waals surface area contributed by atoms with Crippen molar-refractivity contribution >= 4 is 0 Å². The maximum Gasteiger partial charge on any atom is 0.0605 e. The highest BCUT2D eigenvalue weighted by molar-refractivity contribution is 5.38. The van der Waals surface area contributed by atoms with Crippen LogP contribution >= 0.6 is 0 Å². The first kappa shape index (κ1) is 45.1. The van der Waals surface area contributed by atoms with Crippen LogP contribution in [0.15, 0.2) is 23.4 Å². The third kappa shape index (κ3) is 8.63.